The monoisotopic (exact) mass is 394 g/mol. The van der Waals surface area contributed by atoms with Gasteiger partial charge in [0.05, 0.1) is 6.54 Å². The van der Waals surface area contributed by atoms with Crippen molar-refractivity contribution < 1.29 is 4.79 Å². The van der Waals surface area contributed by atoms with Crippen LogP contribution in [0.2, 0.25) is 0 Å². The SMILES string of the molecule is CCNC(=NCc1ccccc1)NCc1cccnc1N1CCC(C(N)=O)CC1. The number of nitrogens with two attached hydrogens (primary N) is 1. The van der Waals surface area contributed by atoms with Crippen LogP contribution < -0.4 is 21.3 Å². The number of benzene rings is 1. The lowest BCUT2D eigenvalue weighted by atomic mass is 9.96. The van der Waals surface area contributed by atoms with Crippen LogP contribution in [0, 0.1) is 5.92 Å². The highest BCUT2D eigenvalue weighted by atomic mass is 16.1. The average molecular weight is 395 g/mol. The van der Waals surface area contributed by atoms with Crippen molar-refractivity contribution in [2.45, 2.75) is 32.9 Å². The molecule has 1 amide bonds. The van der Waals surface area contributed by atoms with Crippen LogP contribution in [0.15, 0.2) is 53.7 Å². The third kappa shape index (κ3) is 5.94. The van der Waals surface area contributed by atoms with Crippen molar-refractivity contribution in [1.82, 2.24) is 15.6 Å². The molecule has 0 bridgehead atoms. The van der Waals surface area contributed by atoms with Crippen LogP contribution in [0.25, 0.3) is 0 Å². The number of carbonyl (C=O) groups is 1. The molecule has 0 atom stereocenters. The number of primary amides is 1. The van der Waals surface area contributed by atoms with Crippen molar-refractivity contribution in [2.24, 2.45) is 16.6 Å². The van der Waals surface area contributed by atoms with Gasteiger partial charge in [0.1, 0.15) is 5.82 Å². The van der Waals surface area contributed by atoms with E-state index in [9.17, 15) is 4.79 Å². The normalized spacial score (nSPS) is 15.2. The number of aliphatic imine (C=N–C) groups is 1. The zero-order chi connectivity index (χ0) is 20.5. The van der Waals surface area contributed by atoms with Gasteiger partial charge in [-0.15, -0.1) is 0 Å². The number of nitrogens with zero attached hydrogens (tertiary/aromatic N) is 3. The van der Waals surface area contributed by atoms with Gasteiger partial charge in [0.25, 0.3) is 0 Å². The molecule has 7 heteroatoms. The summed E-state index contributed by atoms with van der Waals surface area (Å²) in [7, 11) is 0. The summed E-state index contributed by atoms with van der Waals surface area (Å²) in [5, 5.41) is 6.71. The third-order valence-corrected chi connectivity index (χ3v) is 5.12. The molecule has 0 saturated carbocycles. The Kier molecular flexibility index (Phi) is 7.44. The topological polar surface area (TPSA) is 95.6 Å². The summed E-state index contributed by atoms with van der Waals surface area (Å²) < 4.78 is 0. The summed E-state index contributed by atoms with van der Waals surface area (Å²) in [4.78, 5) is 22.9. The van der Waals surface area contributed by atoms with Crippen LogP contribution in [-0.2, 0) is 17.9 Å². The molecule has 0 unspecified atom stereocenters. The minimum absolute atomic E-state index is 0.0259. The number of carbonyl (C=O) groups excluding carboxylic acids is 1. The van der Waals surface area contributed by atoms with Gasteiger partial charge in [-0.2, -0.15) is 0 Å². The number of rotatable bonds is 7. The lowest BCUT2D eigenvalue weighted by molar-refractivity contribution is -0.122. The molecular formula is C22H30N6O. The molecule has 2 heterocycles. The Bertz CT molecular complexity index is 815. The van der Waals surface area contributed by atoms with Crippen molar-refractivity contribution in [3.8, 4) is 0 Å². The van der Waals surface area contributed by atoms with Gasteiger partial charge in [0.2, 0.25) is 5.91 Å². The highest BCUT2D eigenvalue weighted by Crippen LogP contribution is 2.24. The van der Waals surface area contributed by atoms with Crippen LogP contribution in [0.3, 0.4) is 0 Å². The summed E-state index contributed by atoms with van der Waals surface area (Å²) in [5.74, 6) is 1.51. The van der Waals surface area contributed by atoms with E-state index in [1.165, 1.54) is 5.56 Å². The van der Waals surface area contributed by atoms with Crippen LogP contribution in [0.5, 0.6) is 0 Å². The Morgan fingerprint density at radius 1 is 1.17 bits per heavy atom. The Morgan fingerprint density at radius 2 is 1.93 bits per heavy atom. The lowest BCUT2D eigenvalue weighted by Crippen LogP contribution is -2.40. The minimum Gasteiger partial charge on any atom is -0.369 e. The molecule has 1 aromatic heterocycles. The maximum atomic E-state index is 11.4. The summed E-state index contributed by atoms with van der Waals surface area (Å²) in [6, 6.07) is 14.2. The molecule has 1 fully saturated rings. The molecule has 7 nitrogen and oxygen atoms in total. The smallest absolute Gasteiger partial charge is 0.220 e. The number of amides is 1. The second-order valence-corrected chi connectivity index (χ2v) is 7.18. The Hall–Kier alpha value is -3.09. The van der Waals surface area contributed by atoms with E-state index < -0.39 is 0 Å². The van der Waals surface area contributed by atoms with Gasteiger partial charge in [-0.25, -0.2) is 9.98 Å². The molecule has 29 heavy (non-hydrogen) atoms. The number of anilines is 1. The summed E-state index contributed by atoms with van der Waals surface area (Å²) in [5.41, 5.74) is 7.74. The summed E-state index contributed by atoms with van der Waals surface area (Å²) in [6.45, 7) is 5.68. The van der Waals surface area contributed by atoms with Gasteiger partial charge < -0.3 is 21.3 Å². The molecule has 1 aliphatic heterocycles. The fourth-order valence-corrected chi connectivity index (χ4v) is 3.50. The van der Waals surface area contributed by atoms with Gasteiger partial charge in [-0.05, 0) is 31.4 Å². The average Bonchev–Trinajstić information content (AvgIpc) is 2.76. The lowest BCUT2D eigenvalue weighted by Gasteiger charge is -2.32. The summed E-state index contributed by atoms with van der Waals surface area (Å²) in [6.07, 6.45) is 3.37. The number of hydrogen-bond donors (Lipinski definition) is 3. The van der Waals surface area contributed by atoms with E-state index in [1.54, 1.807) is 0 Å². The van der Waals surface area contributed by atoms with Gasteiger partial charge >= 0.3 is 0 Å². The van der Waals surface area contributed by atoms with Crippen molar-refractivity contribution in [3.05, 3.63) is 59.8 Å². The van der Waals surface area contributed by atoms with E-state index in [1.807, 2.05) is 30.5 Å². The maximum Gasteiger partial charge on any atom is 0.220 e. The molecular weight excluding hydrogens is 364 g/mol. The zero-order valence-corrected chi connectivity index (χ0v) is 17.0. The van der Waals surface area contributed by atoms with Crippen molar-refractivity contribution in [1.29, 1.82) is 0 Å². The fraction of sp³-hybridized carbons (Fsp3) is 0.409. The molecule has 2 aromatic rings. The molecule has 1 saturated heterocycles. The first-order valence-electron chi connectivity index (χ1n) is 10.2. The van der Waals surface area contributed by atoms with Crippen molar-refractivity contribution in [2.75, 3.05) is 24.5 Å². The third-order valence-electron chi connectivity index (χ3n) is 5.12. The van der Waals surface area contributed by atoms with Crippen LogP contribution in [0.1, 0.15) is 30.9 Å². The molecule has 0 radical (unpaired) electrons. The van der Waals surface area contributed by atoms with E-state index in [0.29, 0.717) is 13.1 Å². The Labute approximate surface area is 172 Å². The fourth-order valence-electron chi connectivity index (χ4n) is 3.50. The first-order chi connectivity index (χ1) is 14.2. The standard InChI is InChI=1S/C22H30N6O/c1-2-24-22(26-15-17-7-4-3-5-8-17)27-16-19-9-6-12-25-21(19)28-13-10-18(11-14-28)20(23)29/h3-9,12,18H,2,10-11,13-16H2,1H3,(H2,23,29)(H2,24,26,27). The summed E-state index contributed by atoms with van der Waals surface area (Å²) >= 11 is 0. The first-order valence-corrected chi connectivity index (χ1v) is 10.2. The minimum atomic E-state index is -0.197. The van der Waals surface area contributed by atoms with E-state index in [4.69, 9.17) is 5.73 Å². The molecule has 3 rings (SSSR count). The van der Waals surface area contributed by atoms with Gasteiger partial charge in [-0.1, -0.05) is 36.4 Å². The van der Waals surface area contributed by atoms with Gasteiger partial charge in [0.15, 0.2) is 5.96 Å². The van der Waals surface area contributed by atoms with Crippen molar-refractivity contribution in [3.63, 3.8) is 0 Å². The second-order valence-electron chi connectivity index (χ2n) is 7.18. The molecule has 1 aromatic carbocycles. The molecule has 154 valence electrons. The van der Waals surface area contributed by atoms with Gasteiger partial charge in [-0.3, -0.25) is 4.79 Å². The van der Waals surface area contributed by atoms with Gasteiger partial charge in [0, 0.05) is 43.9 Å². The van der Waals surface area contributed by atoms with E-state index >= 15 is 0 Å². The van der Waals surface area contributed by atoms with Crippen LogP contribution in [-0.4, -0.2) is 36.5 Å². The Balaban J connectivity index is 1.64. The maximum absolute atomic E-state index is 11.4. The highest BCUT2D eigenvalue weighted by molar-refractivity contribution is 5.80. The number of piperidine rings is 1. The largest absolute Gasteiger partial charge is 0.369 e. The van der Waals surface area contributed by atoms with Crippen LogP contribution in [0.4, 0.5) is 5.82 Å². The van der Waals surface area contributed by atoms with E-state index in [2.05, 4.69) is 50.6 Å². The number of hydrogen-bond acceptors (Lipinski definition) is 4. The highest BCUT2D eigenvalue weighted by Gasteiger charge is 2.24. The number of pyridine rings is 1. The predicted molar refractivity (Wildman–Crippen MR) is 116 cm³/mol. The predicted octanol–water partition coefficient (Wildman–Crippen LogP) is 2.04. The number of aromatic nitrogens is 1. The van der Waals surface area contributed by atoms with E-state index in [0.717, 1.165) is 49.8 Å². The quantitative estimate of drug-likeness (QED) is 0.493. The molecule has 1 aliphatic rings. The van der Waals surface area contributed by atoms with E-state index in [-0.39, 0.29) is 11.8 Å². The Morgan fingerprint density at radius 3 is 2.62 bits per heavy atom. The van der Waals surface area contributed by atoms with Crippen LogP contribution >= 0.6 is 0 Å². The van der Waals surface area contributed by atoms with Crippen molar-refractivity contribution >= 4 is 17.7 Å². The molecule has 0 aliphatic carbocycles. The molecule has 0 spiro atoms. The first kappa shape index (κ1) is 20.6. The number of guanidine groups is 1. The second kappa shape index (κ2) is 10.5. The number of nitrogens with one attached hydrogen (secondary N) is 2. The zero-order valence-electron chi connectivity index (χ0n) is 17.0. The molecule has 4 N–H and O–H groups in total.